The van der Waals surface area contributed by atoms with Crippen LogP contribution < -0.4 is 5.73 Å². The molecular weight excluding hydrogens is 220 g/mol. The van der Waals surface area contributed by atoms with E-state index in [9.17, 15) is 4.79 Å². The number of carbonyl (C=O) groups is 1. The first-order valence-corrected chi connectivity index (χ1v) is 4.86. The van der Waals surface area contributed by atoms with Crippen LogP contribution >= 0.6 is 0 Å². The molecule has 4 N–H and O–H groups in total. The third-order valence-electron chi connectivity index (χ3n) is 2.32. The fraction of sp³-hybridized carbons (Fsp3) is 0. The number of carboxylic acids is 1. The fourth-order valence-electron chi connectivity index (χ4n) is 1.47. The smallest absolute Gasteiger partial charge is 0.356 e. The van der Waals surface area contributed by atoms with Crippen molar-refractivity contribution in [2.45, 2.75) is 0 Å². The summed E-state index contributed by atoms with van der Waals surface area (Å²) in [5, 5.41) is 17.9. The highest BCUT2D eigenvalue weighted by atomic mass is 16.4. The Kier molecular flexibility index (Phi) is 2.66. The highest BCUT2D eigenvalue weighted by Crippen LogP contribution is 2.24. The summed E-state index contributed by atoms with van der Waals surface area (Å²) >= 11 is 0. The van der Waals surface area contributed by atoms with E-state index in [1.165, 1.54) is 18.3 Å². The molecule has 0 saturated carbocycles. The Morgan fingerprint density at radius 3 is 2.35 bits per heavy atom. The van der Waals surface area contributed by atoms with Crippen molar-refractivity contribution in [2.24, 2.45) is 0 Å². The van der Waals surface area contributed by atoms with Crippen LogP contribution in [-0.2, 0) is 0 Å². The zero-order valence-corrected chi connectivity index (χ0v) is 8.79. The molecule has 0 spiro atoms. The number of hydrogen-bond acceptors (Lipinski definition) is 4. The maximum absolute atomic E-state index is 10.7. The summed E-state index contributed by atoms with van der Waals surface area (Å²) in [4.78, 5) is 14.5. The van der Waals surface area contributed by atoms with Gasteiger partial charge in [0.1, 0.15) is 5.75 Å². The van der Waals surface area contributed by atoms with Crippen LogP contribution in [0.15, 0.2) is 36.5 Å². The van der Waals surface area contributed by atoms with E-state index in [1.807, 2.05) is 0 Å². The van der Waals surface area contributed by atoms with Crippen molar-refractivity contribution < 1.29 is 15.0 Å². The van der Waals surface area contributed by atoms with Gasteiger partial charge in [-0.1, -0.05) is 12.1 Å². The highest BCUT2D eigenvalue weighted by molar-refractivity contribution is 5.92. The quantitative estimate of drug-likeness (QED) is 0.730. The number of nitrogens with two attached hydrogens (primary N) is 1. The topological polar surface area (TPSA) is 96.4 Å². The SMILES string of the molecule is Nc1cc(-c2ccc(O)cc2)cnc1C(=O)O. The molecule has 86 valence electrons. The van der Waals surface area contributed by atoms with E-state index in [0.29, 0.717) is 5.56 Å². The van der Waals surface area contributed by atoms with Crippen LogP contribution in [0.5, 0.6) is 5.75 Å². The molecule has 5 heteroatoms. The molecule has 0 fully saturated rings. The molecule has 2 rings (SSSR count). The van der Waals surface area contributed by atoms with Gasteiger partial charge in [-0.3, -0.25) is 0 Å². The van der Waals surface area contributed by atoms with Crippen molar-refractivity contribution in [1.29, 1.82) is 0 Å². The van der Waals surface area contributed by atoms with Gasteiger partial charge in [0.15, 0.2) is 5.69 Å². The number of aromatic hydroxyl groups is 1. The van der Waals surface area contributed by atoms with Crippen molar-refractivity contribution in [1.82, 2.24) is 4.98 Å². The largest absolute Gasteiger partial charge is 0.508 e. The Hall–Kier alpha value is -2.56. The Labute approximate surface area is 97.2 Å². The summed E-state index contributed by atoms with van der Waals surface area (Å²) in [7, 11) is 0. The van der Waals surface area contributed by atoms with Crippen LogP contribution in [0.3, 0.4) is 0 Å². The average Bonchev–Trinajstić information content (AvgIpc) is 2.29. The Morgan fingerprint density at radius 1 is 1.18 bits per heavy atom. The molecule has 5 nitrogen and oxygen atoms in total. The molecule has 1 aromatic heterocycles. The first kappa shape index (κ1) is 10.9. The number of aromatic carboxylic acids is 1. The van der Waals surface area contributed by atoms with Crippen LogP contribution in [0.4, 0.5) is 5.69 Å². The molecule has 0 atom stereocenters. The van der Waals surface area contributed by atoms with E-state index in [2.05, 4.69) is 4.98 Å². The van der Waals surface area contributed by atoms with Crippen LogP contribution in [0, 0.1) is 0 Å². The van der Waals surface area contributed by atoms with Crippen LogP contribution in [-0.4, -0.2) is 21.2 Å². The van der Waals surface area contributed by atoms with Crippen molar-refractivity contribution in [3.63, 3.8) is 0 Å². The summed E-state index contributed by atoms with van der Waals surface area (Å²) in [6, 6.07) is 8.02. The molecule has 0 bridgehead atoms. The van der Waals surface area contributed by atoms with Gasteiger partial charge in [-0.2, -0.15) is 0 Å². The van der Waals surface area contributed by atoms with Gasteiger partial charge in [0, 0.05) is 11.8 Å². The molecule has 0 radical (unpaired) electrons. The third-order valence-corrected chi connectivity index (χ3v) is 2.32. The van der Waals surface area contributed by atoms with E-state index >= 15 is 0 Å². The van der Waals surface area contributed by atoms with Gasteiger partial charge in [-0.05, 0) is 23.8 Å². The van der Waals surface area contributed by atoms with Crippen LogP contribution in [0.25, 0.3) is 11.1 Å². The number of hydrogen-bond donors (Lipinski definition) is 3. The van der Waals surface area contributed by atoms with Gasteiger partial charge in [0.25, 0.3) is 0 Å². The molecule has 0 saturated heterocycles. The predicted molar refractivity (Wildman–Crippen MR) is 62.7 cm³/mol. The fourth-order valence-corrected chi connectivity index (χ4v) is 1.47. The number of aromatic nitrogens is 1. The molecular formula is C12H10N2O3. The summed E-state index contributed by atoms with van der Waals surface area (Å²) in [6.45, 7) is 0. The summed E-state index contributed by atoms with van der Waals surface area (Å²) in [5.41, 5.74) is 7.06. The second kappa shape index (κ2) is 4.13. The summed E-state index contributed by atoms with van der Waals surface area (Å²) in [6.07, 6.45) is 1.44. The maximum Gasteiger partial charge on any atom is 0.356 e. The van der Waals surface area contributed by atoms with E-state index in [-0.39, 0.29) is 17.1 Å². The lowest BCUT2D eigenvalue weighted by atomic mass is 10.1. The number of nitrogens with zero attached hydrogens (tertiary/aromatic N) is 1. The van der Waals surface area contributed by atoms with Gasteiger partial charge in [-0.25, -0.2) is 9.78 Å². The lowest BCUT2D eigenvalue weighted by molar-refractivity contribution is 0.0692. The van der Waals surface area contributed by atoms with Gasteiger partial charge < -0.3 is 15.9 Å². The minimum absolute atomic E-state index is 0.114. The van der Waals surface area contributed by atoms with Crippen molar-refractivity contribution in [2.75, 3.05) is 5.73 Å². The molecule has 1 heterocycles. The first-order chi connectivity index (χ1) is 8.08. The molecule has 1 aromatic carbocycles. The molecule has 17 heavy (non-hydrogen) atoms. The van der Waals surface area contributed by atoms with E-state index in [0.717, 1.165) is 5.56 Å². The maximum atomic E-state index is 10.7. The van der Waals surface area contributed by atoms with Crippen LogP contribution in [0.2, 0.25) is 0 Å². The number of rotatable bonds is 2. The Bertz CT molecular complexity index is 564. The number of benzene rings is 1. The van der Waals surface area contributed by atoms with Crippen molar-refractivity contribution in [3.05, 3.63) is 42.2 Å². The van der Waals surface area contributed by atoms with Crippen molar-refractivity contribution >= 4 is 11.7 Å². The van der Waals surface area contributed by atoms with Crippen molar-refractivity contribution in [3.8, 4) is 16.9 Å². The molecule has 0 unspecified atom stereocenters. The number of phenols is 1. The second-order valence-electron chi connectivity index (χ2n) is 3.51. The summed E-state index contributed by atoms with van der Waals surface area (Å²) in [5.74, 6) is -0.989. The van der Waals surface area contributed by atoms with Gasteiger partial charge in [0.05, 0.1) is 5.69 Å². The molecule has 2 aromatic rings. The number of nitrogen functional groups attached to an aromatic ring is 1. The zero-order chi connectivity index (χ0) is 12.4. The summed E-state index contributed by atoms with van der Waals surface area (Å²) < 4.78 is 0. The minimum atomic E-state index is -1.15. The zero-order valence-electron chi connectivity index (χ0n) is 8.79. The standard InChI is InChI=1S/C12H10N2O3/c13-10-5-8(6-14-11(10)12(16)17)7-1-3-9(15)4-2-7/h1-6,15H,13H2,(H,16,17). The van der Waals surface area contributed by atoms with Crippen LogP contribution in [0.1, 0.15) is 10.5 Å². The average molecular weight is 230 g/mol. The molecule has 0 aliphatic rings. The lowest BCUT2D eigenvalue weighted by Gasteiger charge is -2.04. The lowest BCUT2D eigenvalue weighted by Crippen LogP contribution is -2.05. The van der Waals surface area contributed by atoms with Gasteiger partial charge in [-0.15, -0.1) is 0 Å². The van der Waals surface area contributed by atoms with E-state index in [1.54, 1.807) is 18.2 Å². The third kappa shape index (κ3) is 2.17. The molecule has 0 aliphatic heterocycles. The van der Waals surface area contributed by atoms with E-state index in [4.69, 9.17) is 15.9 Å². The molecule has 0 aliphatic carbocycles. The van der Waals surface area contributed by atoms with Gasteiger partial charge in [0.2, 0.25) is 0 Å². The van der Waals surface area contributed by atoms with E-state index < -0.39 is 5.97 Å². The Morgan fingerprint density at radius 2 is 1.82 bits per heavy atom. The number of phenolic OH excluding ortho intramolecular Hbond substituents is 1. The monoisotopic (exact) mass is 230 g/mol. The Balaban J connectivity index is 2.44. The number of carboxylic acid groups (broad SMARTS) is 1. The number of anilines is 1. The van der Waals surface area contributed by atoms with Gasteiger partial charge >= 0.3 is 5.97 Å². The predicted octanol–water partition coefficient (Wildman–Crippen LogP) is 1.73. The minimum Gasteiger partial charge on any atom is -0.508 e. The normalized spacial score (nSPS) is 10.1. The highest BCUT2D eigenvalue weighted by Gasteiger charge is 2.10. The molecule has 0 amide bonds. The second-order valence-corrected chi connectivity index (χ2v) is 3.51. The first-order valence-electron chi connectivity index (χ1n) is 4.86. The number of pyridine rings is 1.